The summed E-state index contributed by atoms with van der Waals surface area (Å²) in [6.45, 7) is 4.54. The summed E-state index contributed by atoms with van der Waals surface area (Å²) >= 11 is 1.68. The van der Waals surface area contributed by atoms with Crippen LogP contribution in [0.4, 0.5) is 5.82 Å². The third kappa shape index (κ3) is 3.53. The summed E-state index contributed by atoms with van der Waals surface area (Å²) in [7, 11) is 0. The Morgan fingerprint density at radius 1 is 1.59 bits per heavy atom. The molecule has 3 N–H and O–H groups in total. The predicted octanol–water partition coefficient (Wildman–Crippen LogP) is 0.790. The highest BCUT2D eigenvalue weighted by Gasteiger charge is 2.20. The molecule has 1 saturated heterocycles. The average Bonchev–Trinajstić information content (AvgIpc) is 2.31. The number of thioether (sulfide) groups is 1. The molecule has 1 aromatic rings. The van der Waals surface area contributed by atoms with Crippen molar-refractivity contribution in [3.63, 3.8) is 0 Å². The van der Waals surface area contributed by atoms with Crippen molar-refractivity contribution in [3.8, 4) is 0 Å². The fraction of sp³-hybridized carbons (Fsp3) is 0.600. The highest BCUT2D eigenvalue weighted by molar-refractivity contribution is 8.00. The summed E-state index contributed by atoms with van der Waals surface area (Å²) in [5.41, 5.74) is 2.54. The number of aromatic nitrogens is 2. The Morgan fingerprint density at radius 2 is 2.41 bits per heavy atom. The van der Waals surface area contributed by atoms with E-state index in [1.165, 1.54) is 0 Å². The lowest BCUT2D eigenvalue weighted by atomic mass is 10.4. The van der Waals surface area contributed by atoms with Crippen LogP contribution >= 0.6 is 11.8 Å². The fourth-order valence-electron chi connectivity index (χ4n) is 1.32. The Labute approximate surface area is 104 Å². The van der Waals surface area contributed by atoms with Crippen molar-refractivity contribution in [2.45, 2.75) is 23.8 Å². The number of nitrogens with zero attached hydrogens (tertiary/aromatic N) is 2. The number of hydrogen-bond donors (Lipinski definition) is 2. The summed E-state index contributed by atoms with van der Waals surface area (Å²) < 4.78 is 10.4. The first-order valence-electron chi connectivity index (χ1n) is 5.48. The van der Waals surface area contributed by atoms with E-state index in [-0.39, 0.29) is 0 Å². The van der Waals surface area contributed by atoms with Crippen LogP contribution in [0.5, 0.6) is 0 Å². The van der Waals surface area contributed by atoms with Crippen molar-refractivity contribution >= 4 is 17.6 Å². The van der Waals surface area contributed by atoms with Crippen molar-refractivity contribution in [2.24, 2.45) is 5.84 Å². The molecule has 0 aromatic carbocycles. The monoisotopic (exact) mass is 256 g/mol. The molecule has 1 aliphatic heterocycles. The highest BCUT2D eigenvalue weighted by atomic mass is 32.2. The number of nitrogens with one attached hydrogen (secondary N) is 1. The number of rotatable bonds is 6. The molecule has 1 aliphatic rings. The lowest BCUT2D eigenvalue weighted by Crippen LogP contribution is -2.30. The first kappa shape index (κ1) is 12.6. The van der Waals surface area contributed by atoms with Gasteiger partial charge < -0.3 is 14.9 Å². The molecule has 0 amide bonds. The highest BCUT2D eigenvalue weighted by Crippen LogP contribution is 2.27. The molecule has 0 spiro atoms. The lowest BCUT2D eigenvalue weighted by Gasteiger charge is -2.24. The van der Waals surface area contributed by atoms with Crippen molar-refractivity contribution in [1.82, 2.24) is 9.97 Å². The van der Waals surface area contributed by atoms with Crippen molar-refractivity contribution in [2.75, 3.05) is 25.2 Å². The van der Waals surface area contributed by atoms with E-state index in [0.717, 1.165) is 18.2 Å². The van der Waals surface area contributed by atoms with Crippen molar-refractivity contribution < 1.29 is 9.47 Å². The molecule has 0 radical (unpaired) electrons. The van der Waals surface area contributed by atoms with Crippen LogP contribution in [0, 0.1) is 0 Å². The van der Waals surface area contributed by atoms with Gasteiger partial charge in [-0.1, -0.05) is 11.8 Å². The minimum absolute atomic E-state index is 0.404. The van der Waals surface area contributed by atoms with E-state index in [2.05, 4.69) is 15.4 Å². The van der Waals surface area contributed by atoms with Gasteiger partial charge >= 0.3 is 0 Å². The molecule has 0 unspecified atom stereocenters. The lowest BCUT2D eigenvalue weighted by molar-refractivity contribution is 0.0454. The number of hydrazine groups is 1. The summed E-state index contributed by atoms with van der Waals surface area (Å²) in [6, 6.07) is 1.83. The van der Waals surface area contributed by atoms with Crippen LogP contribution in [0.1, 0.15) is 12.7 Å². The first-order valence-corrected chi connectivity index (χ1v) is 6.36. The maximum Gasteiger partial charge on any atom is 0.157 e. The van der Waals surface area contributed by atoms with E-state index in [0.29, 0.717) is 30.1 Å². The molecule has 0 bridgehead atoms. The summed E-state index contributed by atoms with van der Waals surface area (Å²) in [4.78, 5) is 8.64. The maximum atomic E-state index is 5.38. The number of anilines is 1. The van der Waals surface area contributed by atoms with Crippen LogP contribution in [-0.2, 0) is 16.1 Å². The van der Waals surface area contributed by atoms with E-state index in [1.54, 1.807) is 11.8 Å². The Balaban J connectivity index is 2.06. The molecule has 1 fully saturated rings. The second-order valence-corrected chi connectivity index (χ2v) is 4.89. The van der Waals surface area contributed by atoms with E-state index in [1.807, 2.05) is 13.0 Å². The minimum Gasteiger partial charge on any atom is -0.379 e. The SMILES string of the molecule is CCOCc1nc(NN)cc(SC2COC2)n1. The molecule has 0 atom stereocenters. The van der Waals surface area contributed by atoms with Gasteiger partial charge in [-0.3, -0.25) is 0 Å². The second-order valence-electron chi connectivity index (χ2n) is 3.57. The van der Waals surface area contributed by atoms with Gasteiger partial charge in [0.05, 0.1) is 18.5 Å². The molecular formula is C10H16N4O2S. The van der Waals surface area contributed by atoms with Crippen LogP contribution in [-0.4, -0.2) is 35.0 Å². The standard InChI is InChI=1S/C10H16N4O2S/c1-2-15-6-9-12-8(14-11)3-10(13-9)17-7-4-16-5-7/h3,7H,2,4-6,11H2,1H3,(H,12,13,14). The van der Waals surface area contributed by atoms with Gasteiger partial charge in [0.2, 0.25) is 0 Å². The Hall–Kier alpha value is -0.890. The molecule has 1 aromatic heterocycles. The van der Waals surface area contributed by atoms with Gasteiger partial charge in [-0.2, -0.15) is 0 Å². The molecule has 2 heterocycles. The Bertz CT molecular complexity index is 373. The van der Waals surface area contributed by atoms with Crippen molar-refractivity contribution in [1.29, 1.82) is 0 Å². The van der Waals surface area contributed by atoms with Gasteiger partial charge in [-0.25, -0.2) is 15.8 Å². The van der Waals surface area contributed by atoms with Crippen LogP contribution in [0.15, 0.2) is 11.1 Å². The Morgan fingerprint density at radius 3 is 3.00 bits per heavy atom. The molecule has 0 saturated carbocycles. The van der Waals surface area contributed by atoms with Crippen LogP contribution in [0.25, 0.3) is 0 Å². The Kier molecular flexibility index (Phi) is 4.55. The molecule has 94 valence electrons. The third-order valence-electron chi connectivity index (χ3n) is 2.23. The van der Waals surface area contributed by atoms with Crippen molar-refractivity contribution in [3.05, 3.63) is 11.9 Å². The zero-order chi connectivity index (χ0) is 12.1. The molecule has 7 heteroatoms. The summed E-state index contributed by atoms with van der Waals surface area (Å²) in [5, 5.41) is 1.38. The second kappa shape index (κ2) is 6.15. The smallest absolute Gasteiger partial charge is 0.157 e. The number of nitrogen functional groups attached to an aromatic ring is 1. The first-order chi connectivity index (χ1) is 8.31. The maximum absolute atomic E-state index is 5.38. The van der Waals surface area contributed by atoms with E-state index >= 15 is 0 Å². The topological polar surface area (TPSA) is 82.3 Å². The van der Waals surface area contributed by atoms with E-state index in [4.69, 9.17) is 15.3 Å². The van der Waals surface area contributed by atoms with E-state index in [9.17, 15) is 0 Å². The van der Waals surface area contributed by atoms with Gasteiger partial charge in [-0.05, 0) is 6.92 Å². The zero-order valence-electron chi connectivity index (χ0n) is 9.68. The summed E-state index contributed by atoms with van der Waals surface area (Å²) in [5.74, 6) is 6.63. The van der Waals surface area contributed by atoms with Crippen LogP contribution in [0.3, 0.4) is 0 Å². The quantitative estimate of drug-likeness (QED) is 0.442. The average molecular weight is 256 g/mol. The molecule has 17 heavy (non-hydrogen) atoms. The zero-order valence-corrected chi connectivity index (χ0v) is 10.5. The molecule has 2 rings (SSSR count). The van der Waals surface area contributed by atoms with Gasteiger partial charge in [0, 0.05) is 12.7 Å². The predicted molar refractivity (Wildman–Crippen MR) is 65.6 cm³/mol. The van der Waals surface area contributed by atoms with Gasteiger partial charge in [0.15, 0.2) is 5.82 Å². The van der Waals surface area contributed by atoms with Crippen LogP contribution < -0.4 is 11.3 Å². The van der Waals surface area contributed by atoms with Gasteiger partial charge in [0.1, 0.15) is 17.5 Å². The molecule has 6 nitrogen and oxygen atoms in total. The van der Waals surface area contributed by atoms with Crippen LogP contribution in [0.2, 0.25) is 0 Å². The minimum atomic E-state index is 0.404. The molecular weight excluding hydrogens is 240 g/mol. The fourth-order valence-corrected chi connectivity index (χ4v) is 2.33. The normalized spacial score (nSPS) is 15.6. The number of nitrogens with two attached hydrogens (primary N) is 1. The van der Waals surface area contributed by atoms with E-state index < -0.39 is 0 Å². The number of hydrogen-bond acceptors (Lipinski definition) is 7. The van der Waals surface area contributed by atoms with Gasteiger partial charge in [0.25, 0.3) is 0 Å². The largest absolute Gasteiger partial charge is 0.379 e. The number of ether oxygens (including phenoxy) is 2. The van der Waals surface area contributed by atoms with Gasteiger partial charge in [-0.15, -0.1) is 0 Å². The molecule has 0 aliphatic carbocycles. The third-order valence-corrected chi connectivity index (χ3v) is 3.28. The summed E-state index contributed by atoms with van der Waals surface area (Å²) in [6.07, 6.45) is 0.